The van der Waals surface area contributed by atoms with E-state index in [-0.39, 0.29) is 0 Å². The molecular formula is C10H22N2S. The van der Waals surface area contributed by atoms with E-state index in [1.165, 1.54) is 25.1 Å². The predicted octanol–water partition coefficient (Wildman–Crippen LogP) is 1.31. The second-order valence-corrected chi connectivity index (χ2v) is 5.08. The highest BCUT2D eigenvalue weighted by Crippen LogP contribution is 2.36. The van der Waals surface area contributed by atoms with Gasteiger partial charge in [0.15, 0.2) is 0 Å². The Hall–Kier alpha value is 0.270. The maximum atomic E-state index is 5.68. The average Bonchev–Trinajstić information content (AvgIpc) is 2.83. The van der Waals surface area contributed by atoms with Crippen LogP contribution < -0.4 is 11.1 Å². The van der Waals surface area contributed by atoms with Crippen molar-refractivity contribution in [1.29, 1.82) is 0 Å². The van der Waals surface area contributed by atoms with Gasteiger partial charge in [0, 0.05) is 12.6 Å². The van der Waals surface area contributed by atoms with E-state index in [0.29, 0.717) is 6.04 Å². The fraction of sp³-hybridized carbons (Fsp3) is 1.00. The maximum Gasteiger partial charge on any atom is 0.0198 e. The van der Waals surface area contributed by atoms with Gasteiger partial charge in [0.05, 0.1) is 0 Å². The number of hydrogen-bond donors (Lipinski definition) is 2. The van der Waals surface area contributed by atoms with Gasteiger partial charge in [-0.1, -0.05) is 6.92 Å². The standard InChI is InChI=1S/C10H22N2S/c1-8-5-9(8)7-12-10(6-11)3-4-13-2/h8-10,12H,3-7,11H2,1-2H3. The number of hydrogen-bond acceptors (Lipinski definition) is 3. The monoisotopic (exact) mass is 202 g/mol. The third-order valence-corrected chi connectivity index (χ3v) is 3.54. The van der Waals surface area contributed by atoms with E-state index >= 15 is 0 Å². The van der Waals surface area contributed by atoms with E-state index in [1.807, 2.05) is 11.8 Å². The largest absolute Gasteiger partial charge is 0.329 e. The van der Waals surface area contributed by atoms with Crippen molar-refractivity contribution in [3.8, 4) is 0 Å². The molecule has 0 aromatic carbocycles. The second-order valence-electron chi connectivity index (χ2n) is 4.10. The van der Waals surface area contributed by atoms with Gasteiger partial charge >= 0.3 is 0 Å². The van der Waals surface area contributed by atoms with Crippen molar-refractivity contribution in [2.75, 3.05) is 25.1 Å². The van der Waals surface area contributed by atoms with Gasteiger partial charge in [-0.2, -0.15) is 11.8 Å². The topological polar surface area (TPSA) is 38.0 Å². The number of nitrogens with two attached hydrogens (primary N) is 1. The van der Waals surface area contributed by atoms with E-state index in [2.05, 4.69) is 18.5 Å². The molecule has 0 heterocycles. The molecule has 3 N–H and O–H groups in total. The summed E-state index contributed by atoms with van der Waals surface area (Å²) in [6.07, 6.45) is 4.77. The van der Waals surface area contributed by atoms with Crippen molar-refractivity contribution in [3.05, 3.63) is 0 Å². The molecule has 2 nitrogen and oxygen atoms in total. The molecule has 3 atom stereocenters. The Balaban J connectivity index is 2.01. The van der Waals surface area contributed by atoms with Crippen LogP contribution in [0.5, 0.6) is 0 Å². The number of nitrogens with one attached hydrogen (secondary N) is 1. The predicted molar refractivity (Wildman–Crippen MR) is 61.1 cm³/mol. The van der Waals surface area contributed by atoms with Crippen molar-refractivity contribution in [2.45, 2.75) is 25.8 Å². The summed E-state index contributed by atoms with van der Waals surface area (Å²) in [6, 6.07) is 0.542. The molecule has 1 fully saturated rings. The van der Waals surface area contributed by atoms with E-state index < -0.39 is 0 Å². The zero-order valence-electron chi connectivity index (χ0n) is 8.75. The van der Waals surface area contributed by atoms with Gasteiger partial charge in [0.25, 0.3) is 0 Å². The van der Waals surface area contributed by atoms with Gasteiger partial charge in [-0.15, -0.1) is 0 Å². The molecule has 0 saturated heterocycles. The average molecular weight is 202 g/mol. The fourth-order valence-electron chi connectivity index (χ4n) is 1.56. The molecule has 0 aromatic heterocycles. The second kappa shape index (κ2) is 5.89. The van der Waals surface area contributed by atoms with Gasteiger partial charge in [0.2, 0.25) is 0 Å². The first-order valence-corrected chi connectivity index (χ1v) is 6.59. The molecule has 0 aliphatic heterocycles. The summed E-state index contributed by atoms with van der Waals surface area (Å²) in [7, 11) is 0. The van der Waals surface area contributed by atoms with Crippen LogP contribution in [0.15, 0.2) is 0 Å². The van der Waals surface area contributed by atoms with Crippen molar-refractivity contribution in [1.82, 2.24) is 5.32 Å². The van der Waals surface area contributed by atoms with Crippen LogP contribution in [0.2, 0.25) is 0 Å². The van der Waals surface area contributed by atoms with Crippen LogP contribution in [0.3, 0.4) is 0 Å². The lowest BCUT2D eigenvalue weighted by molar-refractivity contribution is 0.486. The Labute approximate surface area is 86.0 Å². The van der Waals surface area contributed by atoms with Crippen LogP contribution in [-0.4, -0.2) is 31.1 Å². The summed E-state index contributed by atoms with van der Waals surface area (Å²) < 4.78 is 0. The lowest BCUT2D eigenvalue weighted by Gasteiger charge is -2.15. The lowest BCUT2D eigenvalue weighted by Crippen LogP contribution is -2.37. The van der Waals surface area contributed by atoms with Crippen LogP contribution >= 0.6 is 11.8 Å². The van der Waals surface area contributed by atoms with Crippen LogP contribution in [0.4, 0.5) is 0 Å². The molecule has 1 aliphatic rings. The van der Waals surface area contributed by atoms with E-state index in [1.54, 1.807) is 0 Å². The zero-order valence-corrected chi connectivity index (χ0v) is 9.57. The third kappa shape index (κ3) is 4.34. The number of thioether (sulfide) groups is 1. The summed E-state index contributed by atoms with van der Waals surface area (Å²) >= 11 is 1.90. The molecule has 0 spiro atoms. The minimum atomic E-state index is 0.542. The fourth-order valence-corrected chi connectivity index (χ4v) is 2.09. The summed E-state index contributed by atoms with van der Waals surface area (Å²) in [6.45, 7) is 4.28. The van der Waals surface area contributed by atoms with Gasteiger partial charge in [-0.05, 0) is 43.2 Å². The normalized spacial score (nSPS) is 28.8. The van der Waals surface area contributed by atoms with Gasteiger partial charge in [-0.3, -0.25) is 0 Å². The Kier molecular flexibility index (Phi) is 5.14. The van der Waals surface area contributed by atoms with Crippen molar-refractivity contribution >= 4 is 11.8 Å². The van der Waals surface area contributed by atoms with Gasteiger partial charge < -0.3 is 11.1 Å². The van der Waals surface area contributed by atoms with Crippen molar-refractivity contribution < 1.29 is 0 Å². The molecule has 1 rings (SSSR count). The molecule has 1 aliphatic carbocycles. The zero-order chi connectivity index (χ0) is 9.68. The highest BCUT2D eigenvalue weighted by molar-refractivity contribution is 7.98. The first-order chi connectivity index (χ1) is 6.27. The molecule has 13 heavy (non-hydrogen) atoms. The Morgan fingerprint density at radius 2 is 2.31 bits per heavy atom. The van der Waals surface area contributed by atoms with Crippen molar-refractivity contribution in [2.24, 2.45) is 17.6 Å². The number of rotatable bonds is 7. The molecule has 78 valence electrons. The summed E-state index contributed by atoms with van der Waals surface area (Å²) in [5.74, 6) is 3.10. The quantitative estimate of drug-likeness (QED) is 0.654. The first kappa shape index (κ1) is 11.3. The van der Waals surface area contributed by atoms with E-state index in [0.717, 1.165) is 18.4 Å². The Bertz CT molecular complexity index is 141. The smallest absolute Gasteiger partial charge is 0.0198 e. The minimum absolute atomic E-state index is 0.542. The molecule has 0 radical (unpaired) electrons. The highest BCUT2D eigenvalue weighted by Gasteiger charge is 2.32. The third-order valence-electron chi connectivity index (χ3n) is 2.90. The van der Waals surface area contributed by atoms with Gasteiger partial charge in [0.1, 0.15) is 0 Å². The summed E-state index contributed by atoms with van der Waals surface area (Å²) in [4.78, 5) is 0. The highest BCUT2D eigenvalue weighted by atomic mass is 32.2. The Morgan fingerprint density at radius 3 is 2.77 bits per heavy atom. The summed E-state index contributed by atoms with van der Waals surface area (Å²) in [5.41, 5.74) is 5.68. The Morgan fingerprint density at radius 1 is 1.62 bits per heavy atom. The molecule has 1 saturated carbocycles. The lowest BCUT2D eigenvalue weighted by atomic mass is 10.2. The molecule has 3 unspecified atom stereocenters. The summed E-state index contributed by atoms with van der Waals surface area (Å²) in [5, 5.41) is 3.56. The van der Waals surface area contributed by atoms with Crippen LogP contribution in [0.25, 0.3) is 0 Å². The molecule has 0 bridgehead atoms. The SMILES string of the molecule is CSCCC(CN)NCC1CC1C. The van der Waals surface area contributed by atoms with Crippen LogP contribution in [0, 0.1) is 11.8 Å². The van der Waals surface area contributed by atoms with Gasteiger partial charge in [-0.25, -0.2) is 0 Å². The van der Waals surface area contributed by atoms with Crippen LogP contribution in [0.1, 0.15) is 19.8 Å². The first-order valence-electron chi connectivity index (χ1n) is 5.20. The molecule has 0 aromatic rings. The maximum absolute atomic E-state index is 5.68. The molecule has 3 heteroatoms. The van der Waals surface area contributed by atoms with E-state index in [4.69, 9.17) is 5.73 Å². The minimum Gasteiger partial charge on any atom is -0.329 e. The molecular weight excluding hydrogens is 180 g/mol. The molecule has 0 amide bonds. The van der Waals surface area contributed by atoms with Crippen LogP contribution in [-0.2, 0) is 0 Å². The van der Waals surface area contributed by atoms with Crippen molar-refractivity contribution in [3.63, 3.8) is 0 Å². The van der Waals surface area contributed by atoms with E-state index in [9.17, 15) is 0 Å².